The summed E-state index contributed by atoms with van der Waals surface area (Å²) in [5, 5.41) is 17.7. The molecule has 0 aliphatic rings. The first-order valence-corrected chi connectivity index (χ1v) is 5.31. The van der Waals surface area contributed by atoms with E-state index in [2.05, 4.69) is 31.1 Å². The van der Waals surface area contributed by atoms with Crippen LogP contribution in [0.25, 0.3) is 0 Å². The van der Waals surface area contributed by atoms with Gasteiger partial charge < -0.3 is 5.11 Å². The van der Waals surface area contributed by atoms with Gasteiger partial charge in [-0.3, -0.25) is 4.68 Å². The van der Waals surface area contributed by atoms with Gasteiger partial charge >= 0.3 is 0 Å². The van der Waals surface area contributed by atoms with E-state index in [1.54, 1.807) is 18.5 Å². The van der Waals surface area contributed by atoms with E-state index in [1.165, 1.54) is 0 Å². The second kappa shape index (κ2) is 3.93. The first-order valence-electron chi connectivity index (χ1n) is 5.31. The van der Waals surface area contributed by atoms with E-state index in [4.69, 9.17) is 0 Å². The van der Waals surface area contributed by atoms with Crippen molar-refractivity contribution in [3.05, 3.63) is 11.9 Å². The van der Waals surface area contributed by atoms with Gasteiger partial charge in [0.2, 0.25) is 0 Å². The van der Waals surface area contributed by atoms with Gasteiger partial charge in [-0.15, -0.1) is 5.10 Å². The van der Waals surface area contributed by atoms with Gasteiger partial charge in [-0.1, -0.05) is 26.0 Å². The molecule has 0 bridgehead atoms. The van der Waals surface area contributed by atoms with E-state index in [0.717, 1.165) is 13.0 Å². The van der Waals surface area contributed by atoms with E-state index in [9.17, 15) is 5.11 Å². The van der Waals surface area contributed by atoms with Crippen LogP contribution in [-0.2, 0) is 12.1 Å². The highest BCUT2D eigenvalue weighted by Crippen LogP contribution is 2.20. The first kappa shape index (κ1) is 12.2. The van der Waals surface area contributed by atoms with E-state index in [-0.39, 0.29) is 0 Å². The molecule has 0 amide bonds. The van der Waals surface area contributed by atoms with Crippen molar-refractivity contribution in [3.8, 4) is 0 Å². The lowest BCUT2D eigenvalue weighted by Gasteiger charge is -2.17. The summed E-state index contributed by atoms with van der Waals surface area (Å²) in [4.78, 5) is 0. The zero-order valence-electron chi connectivity index (χ0n) is 10.3. The molecule has 1 heterocycles. The van der Waals surface area contributed by atoms with E-state index >= 15 is 0 Å². The SMILES string of the molecule is CC(C)(C)CCn1cc(C(C)(C)O)nn1. The molecule has 4 nitrogen and oxygen atoms in total. The molecular formula is C11H21N3O. The molecule has 1 aromatic heterocycles. The van der Waals surface area contributed by atoms with Gasteiger partial charge in [-0.05, 0) is 25.7 Å². The van der Waals surface area contributed by atoms with Crippen LogP contribution >= 0.6 is 0 Å². The van der Waals surface area contributed by atoms with Crippen LogP contribution in [0.1, 0.15) is 46.7 Å². The summed E-state index contributed by atoms with van der Waals surface area (Å²) in [6.07, 6.45) is 2.85. The van der Waals surface area contributed by atoms with Crippen molar-refractivity contribution < 1.29 is 5.11 Å². The molecule has 0 aliphatic heterocycles. The third kappa shape index (κ3) is 4.00. The smallest absolute Gasteiger partial charge is 0.114 e. The predicted octanol–water partition coefficient (Wildman–Crippen LogP) is 1.94. The van der Waals surface area contributed by atoms with Crippen LogP contribution in [0.3, 0.4) is 0 Å². The van der Waals surface area contributed by atoms with Gasteiger partial charge in [0.15, 0.2) is 0 Å². The van der Waals surface area contributed by atoms with Crippen LogP contribution in [0.4, 0.5) is 0 Å². The molecular weight excluding hydrogens is 190 g/mol. The van der Waals surface area contributed by atoms with Gasteiger partial charge in [0.05, 0.1) is 6.20 Å². The highest BCUT2D eigenvalue weighted by Gasteiger charge is 2.20. The van der Waals surface area contributed by atoms with Crippen LogP contribution < -0.4 is 0 Å². The third-order valence-corrected chi connectivity index (χ3v) is 2.26. The van der Waals surface area contributed by atoms with Crippen LogP contribution in [0.5, 0.6) is 0 Å². The van der Waals surface area contributed by atoms with Crippen molar-refractivity contribution in [3.63, 3.8) is 0 Å². The van der Waals surface area contributed by atoms with Crippen molar-refractivity contribution in [2.75, 3.05) is 0 Å². The summed E-state index contributed by atoms with van der Waals surface area (Å²) >= 11 is 0. The Labute approximate surface area is 91.3 Å². The molecule has 0 radical (unpaired) electrons. The molecule has 0 fully saturated rings. The molecule has 0 atom stereocenters. The van der Waals surface area contributed by atoms with Crippen LogP contribution in [0, 0.1) is 5.41 Å². The van der Waals surface area contributed by atoms with Gasteiger partial charge in [0.1, 0.15) is 11.3 Å². The Kier molecular flexibility index (Phi) is 3.19. The molecule has 4 heteroatoms. The lowest BCUT2D eigenvalue weighted by atomic mass is 9.92. The highest BCUT2D eigenvalue weighted by atomic mass is 16.3. The molecule has 15 heavy (non-hydrogen) atoms. The molecule has 86 valence electrons. The monoisotopic (exact) mass is 211 g/mol. The molecule has 0 aromatic carbocycles. The van der Waals surface area contributed by atoms with Crippen molar-refractivity contribution in [1.82, 2.24) is 15.0 Å². The Hall–Kier alpha value is -0.900. The molecule has 0 aliphatic carbocycles. The summed E-state index contributed by atoms with van der Waals surface area (Å²) in [5.74, 6) is 0. The minimum absolute atomic E-state index is 0.293. The highest BCUT2D eigenvalue weighted by molar-refractivity contribution is 5.02. The number of aryl methyl sites for hydroxylation is 1. The summed E-state index contributed by atoms with van der Waals surface area (Å²) in [6, 6.07) is 0. The summed E-state index contributed by atoms with van der Waals surface area (Å²) in [6.45, 7) is 10.9. The molecule has 0 saturated carbocycles. The Bertz CT molecular complexity index is 317. The lowest BCUT2D eigenvalue weighted by molar-refractivity contribution is 0.0737. The van der Waals surface area contributed by atoms with Gasteiger partial charge in [-0.2, -0.15) is 0 Å². The van der Waals surface area contributed by atoms with Crippen molar-refractivity contribution in [1.29, 1.82) is 0 Å². The number of hydrogen-bond acceptors (Lipinski definition) is 3. The molecule has 1 rings (SSSR count). The second-order valence-electron chi connectivity index (χ2n) is 5.74. The number of aliphatic hydroxyl groups is 1. The van der Waals surface area contributed by atoms with Crippen molar-refractivity contribution in [2.45, 2.75) is 53.2 Å². The topological polar surface area (TPSA) is 50.9 Å². The van der Waals surface area contributed by atoms with Crippen molar-refractivity contribution in [2.24, 2.45) is 5.41 Å². The Balaban J connectivity index is 2.62. The first-order chi connectivity index (χ1) is 6.68. The largest absolute Gasteiger partial charge is 0.384 e. The van der Waals surface area contributed by atoms with E-state index in [1.807, 2.05) is 6.20 Å². The maximum Gasteiger partial charge on any atom is 0.114 e. The van der Waals surface area contributed by atoms with Gasteiger partial charge in [0.25, 0.3) is 0 Å². The number of aromatic nitrogens is 3. The van der Waals surface area contributed by atoms with Crippen LogP contribution in [0.15, 0.2) is 6.20 Å². The summed E-state index contributed by atoms with van der Waals surface area (Å²) in [5.41, 5.74) is 0.0114. The zero-order valence-corrected chi connectivity index (χ0v) is 10.3. The maximum absolute atomic E-state index is 9.71. The van der Waals surface area contributed by atoms with E-state index < -0.39 is 5.60 Å². The Morgan fingerprint density at radius 1 is 1.27 bits per heavy atom. The fourth-order valence-electron chi connectivity index (χ4n) is 1.14. The summed E-state index contributed by atoms with van der Waals surface area (Å²) < 4.78 is 1.79. The second-order valence-corrected chi connectivity index (χ2v) is 5.74. The third-order valence-electron chi connectivity index (χ3n) is 2.26. The van der Waals surface area contributed by atoms with Gasteiger partial charge in [0, 0.05) is 6.54 Å². The maximum atomic E-state index is 9.71. The minimum atomic E-state index is -0.903. The molecule has 0 saturated heterocycles. The average molecular weight is 211 g/mol. The lowest BCUT2D eigenvalue weighted by Crippen LogP contribution is -2.16. The summed E-state index contributed by atoms with van der Waals surface area (Å²) in [7, 11) is 0. The fourth-order valence-corrected chi connectivity index (χ4v) is 1.14. The average Bonchev–Trinajstić information content (AvgIpc) is 2.45. The quantitative estimate of drug-likeness (QED) is 0.831. The molecule has 1 aromatic rings. The number of nitrogens with zero attached hydrogens (tertiary/aromatic N) is 3. The molecule has 0 spiro atoms. The van der Waals surface area contributed by atoms with Gasteiger partial charge in [-0.25, -0.2) is 0 Å². The normalized spacial score (nSPS) is 13.2. The predicted molar refractivity (Wildman–Crippen MR) is 59.3 cm³/mol. The zero-order chi connectivity index (χ0) is 11.7. The standard InChI is InChI=1S/C11H21N3O/c1-10(2,3)6-7-14-8-9(12-13-14)11(4,5)15/h8,15H,6-7H2,1-5H3. The van der Waals surface area contributed by atoms with Crippen LogP contribution in [0.2, 0.25) is 0 Å². The Morgan fingerprint density at radius 2 is 1.87 bits per heavy atom. The Morgan fingerprint density at radius 3 is 2.27 bits per heavy atom. The molecule has 1 N–H and O–H groups in total. The van der Waals surface area contributed by atoms with Crippen LogP contribution in [-0.4, -0.2) is 20.1 Å². The molecule has 0 unspecified atom stereocenters. The van der Waals surface area contributed by atoms with E-state index in [0.29, 0.717) is 11.1 Å². The fraction of sp³-hybridized carbons (Fsp3) is 0.818. The number of hydrogen-bond donors (Lipinski definition) is 1. The number of rotatable bonds is 3. The van der Waals surface area contributed by atoms with Crippen molar-refractivity contribution >= 4 is 0 Å². The minimum Gasteiger partial charge on any atom is -0.384 e.